The number of rotatable bonds is 7. The number of nitrogens with zero attached hydrogens (tertiary/aromatic N) is 2. The molecule has 1 amide bonds. The van der Waals surface area contributed by atoms with E-state index in [9.17, 15) is 4.79 Å². The Hall–Kier alpha value is -1.76. The second-order valence-electron chi connectivity index (χ2n) is 5.98. The quantitative estimate of drug-likeness (QED) is 0.785. The van der Waals surface area contributed by atoms with E-state index < -0.39 is 0 Å². The topological polar surface area (TPSA) is 54.5 Å². The summed E-state index contributed by atoms with van der Waals surface area (Å²) in [7, 11) is 0. The zero-order valence-corrected chi connectivity index (χ0v) is 16.1. The van der Waals surface area contributed by atoms with Crippen LogP contribution in [0, 0.1) is 0 Å². The molecular weight excluding hydrogens is 370 g/mol. The third-order valence-electron chi connectivity index (χ3n) is 4.07. The normalized spacial score (nSPS) is 14.3. The molecule has 138 valence electrons. The molecule has 5 nitrogen and oxygen atoms in total. The highest BCUT2D eigenvalue weighted by Crippen LogP contribution is 2.19. The van der Waals surface area contributed by atoms with Crippen LogP contribution in [0.1, 0.15) is 11.1 Å². The van der Waals surface area contributed by atoms with Crippen LogP contribution in [0.25, 0.3) is 0 Å². The lowest BCUT2D eigenvalue weighted by Gasteiger charge is -2.29. The van der Waals surface area contributed by atoms with Gasteiger partial charge in [0.15, 0.2) is 0 Å². The highest BCUT2D eigenvalue weighted by atomic mass is 35.5. The molecule has 0 atom stereocenters. The minimum absolute atomic E-state index is 0.0285. The van der Waals surface area contributed by atoms with Crippen molar-refractivity contribution in [1.29, 1.82) is 0 Å². The summed E-state index contributed by atoms with van der Waals surface area (Å²) in [4.78, 5) is 18.8. The van der Waals surface area contributed by atoms with Crippen LogP contribution in [0.4, 0.5) is 5.82 Å². The van der Waals surface area contributed by atoms with E-state index in [0.29, 0.717) is 25.5 Å². The van der Waals surface area contributed by atoms with Gasteiger partial charge < -0.3 is 15.0 Å². The average Bonchev–Trinajstić information content (AvgIpc) is 2.69. The van der Waals surface area contributed by atoms with Gasteiger partial charge in [-0.1, -0.05) is 29.8 Å². The van der Waals surface area contributed by atoms with Crippen molar-refractivity contribution in [2.75, 3.05) is 37.0 Å². The number of aromatic nitrogens is 1. The van der Waals surface area contributed by atoms with E-state index in [-0.39, 0.29) is 5.91 Å². The molecule has 0 aliphatic carbocycles. The number of amides is 1. The largest absolute Gasteiger partial charge is 0.378 e. The molecule has 0 spiro atoms. The summed E-state index contributed by atoms with van der Waals surface area (Å²) in [6.45, 7) is 3.57. The van der Waals surface area contributed by atoms with Crippen LogP contribution in [-0.4, -0.2) is 42.9 Å². The van der Waals surface area contributed by atoms with Crippen LogP contribution in [0.15, 0.2) is 42.6 Å². The second kappa shape index (κ2) is 9.80. The number of halogens is 1. The Morgan fingerprint density at radius 1 is 1.23 bits per heavy atom. The van der Waals surface area contributed by atoms with E-state index in [0.717, 1.165) is 40.8 Å². The predicted octanol–water partition coefficient (Wildman–Crippen LogP) is 3.12. The molecule has 0 radical (unpaired) electrons. The molecule has 1 saturated heterocycles. The Bertz CT molecular complexity index is 721. The standard InChI is InChI=1S/C19H22ClN3O2S/c20-17-5-3-15(4-6-17)13-26-14-18(24)22-12-16-2-1-7-21-19(16)23-8-10-25-11-9-23/h1-7H,8-14H2,(H,22,24). The van der Waals surface area contributed by atoms with Crippen molar-refractivity contribution in [3.8, 4) is 0 Å². The van der Waals surface area contributed by atoms with Gasteiger partial charge in [-0.25, -0.2) is 4.98 Å². The number of pyridine rings is 1. The summed E-state index contributed by atoms with van der Waals surface area (Å²) in [5.41, 5.74) is 2.19. The van der Waals surface area contributed by atoms with Crippen LogP contribution in [0.5, 0.6) is 0 Å². The maximum absolute atomic E-state index is 12.1. The van der Waals surface area contributed by atoms with Crippen molar-refractivity contribution in [3.05, 3.63) is 58.7 Å². The van der Waals surface area contributed by atoms with Crippen molar-refractivity contribution >= 4 is 35.1 Å². The first-order chi connectivity index (χ1) is 12.7. The van der Waals surface area contributed by atoms with E-state index in [4.69, 9.17) is 16.3 Å². The van der Waals surface area contributed by atoms with Crippen molar-refractivity contribution in [3.63, 3.8) is 0 Å². The van der Waals surface area contributed by atoms with Crippen molar-refractivity contribution < 1.29 is 9.53 Å². The summed E-state index contributed by atoms with van der Waals surface area (Å²) in [6.07, 6.45) is 1.79. The first-order valence-corrected chi connectivity index (χ1v) is 10.1. The van der Waals surface area contributed by atoms with Gasteiger partial charge >= 0.3 is 0 Å². The number of morpholine rings is 1. The SMILES string of the molecule is O=C(CSCc1ccc(Cl)cc1)NCc1cccnc1N1CCOCC1. The molecule has 0 unspecified atom stereocenters. The first kappa shape index (κ1) is 19.0. The highest BCUT2D eigenvalue weighted by Gasteiger charge is 2.16. The number of benzene rings is 1. The number of anilines is 1. The molecule has 2 heterocycles. The van der Waals surface area contributed by atoms with Crippen LogP contribution < -0.4 is 10.2 Å². The molecule has 1 aromatic heterocycles. The second-order valence-corrected chi connectivity index (χ2v) is 7.40. The van der Waals surface area contributed by atoms with Gasteiger partial charge in [-0.05, 0) is 23.8 Å². The number of hydrogen-bond acceptors (Lipinski definition) is 5. The maximum Gasteiger partial charge on any atom is 0.230 e. The summed E-state index contributed by atoms with van der Waals surface area (Å²) < 4.78 is 5.40. The molecule has 3 rings (SSSR count). The number of thioether (sulfide) groups is 1. The fraction of sp³-hybridized carbons (Fsp3) is 0.368. The number of carbonyl (C=O) groups is 1. The molecule has 0 bridgehead atoms. The summed E-state index contributed by atoms with van der Waals surface area (Å²) in [5, 5.41) is 3.72. The number of hydrogen-bond donors (Lipinski definition) is 1. The third-order valence-corrected chi connectivity index (χ3v) is 5.33. The van der Waals surface area contributed by atoms with Gasteiger partial charge in [0.05, 0.1) is 19.0 Å². The summed E-state index contributed by atoms with van der Waals surface area (Å²) in [5.74, 6) is 2.18. The molecule has 1 aliphatic heterocycles. The van der Waals surface area contributed by atoms with Gasteiger partial charge in [-0.2, -0.15) is 0 Å². The molecule has 7 heteroatoms. The van der Waals surface area contributed by atoms with Gasteiger partial charge in [-0.3, -0.25) is 4.79 Å². The van der Waals surface area contributed by atoms with Gasteiger partial charge in [0.25, 0.3) is 0 Å². The van der Waals surface area contributed by atoms with Crippen LogP contribution in [-0.2, 0) is 21.8 Å². The fourth-order valence-corrected chi connectivity index (χ4v) is 3.66. The van der Waals surface area contributed by atoms with Gasteiger partial charge in [-0.15, -0.1) is 11.8 Å². The van der Waals surface area contributed by atoms with Gasteiger partial charge in [0.2, 0.25) is 5.91 Å². The van der Waals surface area contributed by atoms with Crippen molar-refractivity contribution in [2.45, 2.75) is 12.3 Å². The minimum Gasteiger partial charge on any atom is -0.378 e. The third kappa shape index (κ3) is 5.62. The van der Waals surface area contributed by atoms with E-state index in [1.165, 1.54) is 0 Å². The van der Waals surface area contributed by atoms with E-state index in [2.05, 4.69) is 15.2 Å². The Morgan fingerprint density at radius 2 is 2.00 bits per heavy atom. The van der Waals surface area contributed by atoms with Gasteiger partial charge in [0.1, 0.15) is 5.82 Å². The smallest absolute Gasteiger partial charge is 0.230 e. The molecule has 2 aromatic rings. The molecule has 26 heavy (non-hydrogen) atoms. The minimum atomic E-state index is 0.0285. The first-order valence-electron chi connectivity index (χ1n) is 8.58. The zero-order chi connectivity index (χ0) is 18.2. The fourth-order valence-electron chi connectivity index (χ4n) is 2.72. The molecule has 1 aromatic carbocycles. The van der Waals surface area contributed by atoms with E-state index in [1.807, 2.05) is 36.4 Å². The lowest BCUT2D eigenvalue weighted by atomic mass is 10.2. The molecule has 1 N–H and O–H groups in total. The highest BCUT2D eigenvalue weighted by molar-refractivity contribution is 7.99. The number of nitrogens with one attached hydrogen (secondary N) is 1. The molecule has 1 fully saturated rings. The molecule has 1 aliphatic rings. The summed E-state index contributed by atoms with van der Waals surface area (Å²) >= 11 is 7.47. The molecule has 0 saturated carbocycles. The predicted molar refractivity (Wildman–Crippen MR) is 107 cm³/mol. The van der Waals surface area contributed by atoms with Crippen LogP contribution >= 0.6 is 23.4 Å². The lowest BCUT2D eigenvalue weighted by Crippen LogP contribution is -2.38. The summed E-state index contributed by atoms with van der Waals surface area (Å²) in [6, 6.07) is 11.6. The Morgan fingerprint density at radius 3 is 2.77 bits per heavy atom. The monoisotopic (exact) mass is 391 g/mol. The Kier molecular flexibility index (Phi) is 7.17. The van der Waals surface area contributed by atoms with Gasteiger partial charge in [0, 0.05) is 42.2 Å². The molecular formula is C19H22ClN3O2S. The van der Waals surface area contributed by atoms with E-state index >= 15 is 0 Å². The Balaban J connectivity index is 1.46. The zero-order valence-electron chi connectivity index (χ0n) is 14.5. The Labute approximate surface area is 163 Å². The number of carbonyl (C=O) groups excluding carboxylic acids is 1. The van der Waals surface area contributed by atoms with E-state index in [1.54, 1.807) is 18.0 Å². The van der Waals surface area contributed by atoms with Crippen LogP contribution in [0.3, 0.4) is 0 Å². The average molecular weight is 392 g/mol. The van der Waals surface area contributed by atoms with Crippen LogP contribution in [0.2, 0.25) is 5.02 Å². The number of ether oxygens (including phenoxy) is 1. The van der Waals surface area contributed by atoms with Crippen molar-refractivity contribution in [2.24, 2.45) is 0 Å². The lowest BCUT2D eigenvalue weighted by molar-refractivity contribution is -0.118. The maximum atomic E-state index is 12.1. The van der Waals surface area contributed by atoms with Crippen molar-refractivity contribution in [1.82, 2.24) is 10.3 Å².